The van der Waals surface area contributed by atoms with Crippen LogP contribution in [0.4, 0.5) is 0 Å². The Labute approximate surface area is 463 Å². The highest BCUT2D eigenvalue weighted by Crippen LogP contribution is 2.26. The lowest BCUT2D eigenvalue weighted by molar-refractivity contribution is -0.301. The summed E-state index contributed by atoms with van der Waals surface area (Å²) in [5, 5.41) is 31.5. The molecule has 0 aromatic rings. The molecule has 1 heterocycles. The van der Waals surface area contributed by atoms with Gasteiger partial charge in [-0.3, -0.25) is 14.4 Å². The number of carboxylic acids is 1. The second kappa shape index (κ2) is 51.4. The summed E-state index contributed by atoms with van der Waals surface area (Å²) in [6.45, 7) is 5.51. The van der Waals surface area contributed by atoms with Gasteiger partial charge in [0.05, 0.1) is 13.0 Å². The molecule has 77 heavy (non-hydrogen) atoms. The van der Waals surface area contributed by atoms with Gasteiger partial charge in [-0.2, -0.15) is 0 Å². The fourth-order valence-electron chi connectivity index (χ4n) is 7.62. The second-order valence-corrected chi connectivity index (χ2v) is 18.8. The van der Waals surface area contributed by atoms with Gasteiger partial charge in [-0.1, -0.05) is 199 Å². The molecule has 1 fully saturated rings. The van der Waals surface area contributed by atoms with Crippen molar-refractivity contribution >= 4 is 23.9 Å². The number of aliphatic hydroxyl groups excluding tert-OH is 2. The van der Waals surface area contributed by atoms with Crippen LogP contribution in [0.1, 0.15) is 188 Å². The maximum absolute atomic E-state index is 13.1. The van der Waals surface area contributed by atoms with Crippen LogP contribution in [0.5, 0.6) is 0 Å². The van der Waals surface area contributed by atoms with E-state index in [1.54, 1.807) is 6.08 Å². The molecule has 6 unspecified atom stereocenters. The highest BCUT2D eigenvalue weighted by Gasteiger charge is 2.50. The normalized spacial score (nSPS) is 19.1. The summed E-state index contributed by atoms with van der Waals surface area (Å²) in [5.74, 6) is -3.37. The number of rotatable bonds is 46. The van der Waals surface area contributed by atoms with E-state index in [-0.39, 0.29) is 25.9 Å². The Bertz CT molecular complexity index is 1890. The Balaban J connectivity index is 2.79. The maximum atomic E-state index is 13.1. The minimum absolute atomic E-state index is 0.0128. The molecule has 0 spiro atoms. The van der Waals surface area contributed by atoms with Gasteiger partial charge >= 0.3 is 23.9 Å². The number of carbonyl (C=O) groups excluding carboxylic acids is 3. The van der Waals surface area contributed by atoms with Gasteiger partial charge in [-0.15, -0.1) is 0 Å². The minimum atomic E-state index is -1.93. The fraction of sp³-hybridized carbons (Fsp3) is 0.569. The quantitative estimate of drug-likeness (QED) is 0.0228. The van der Waals surface area contributed by atoms with Gasteiger partial charge in [-0.05, 0) is 116 Å². The molecule has 1 aliphatic rings. The van der Waals surface area contributed by atoms with E-state index in [0.29, 0.717) is 19.3 Å². The van der Waals surface area contributed by atoms with Crippen LogP contribution in [0.15, 0.2) is 146 Å². The molecule has 0 bridgehead atoms. The molecule has 0 aromatic heterocycles. The lowest BCUT2D eigenvalue weighted by Crippen LogP contribution is -2.61. The second-order valence-electron chi connectivity index (χ2n) is 18.8. The number of unbranched alkanes of at least 4 members (excludes halogenated alkanes) is 9. The van der Waals surface area contributed by atoms with E-state index < -0.39 is 67.3 Å². The molecular weight excluding hydrogens is 973 g/mol. The summed E-state index contributed by atoms with van der Waals surface area (Å²) in [5.41, 5.74) is 0. The molecule has 6 atom stereocenters. The molecule has 3 N–H and O–H groups in total. The number of aliphatic hydroxyl groups is 2. The third-order valence-corrected chi connectivity index (χ3v) is 11.9. The Morgan fingerprint density at radius 3 is 1.25 bits per heavy atom. The van der Waals surface area contributed by atoms with E-state index in [0.717, 1.165) is 128 Å². The lowest BCUT2D eigenvalue weighted by Gasteiger charge is -2.40. The van der Waals surface area contributed by atoms with Gasteiger partial charge in [0.2, 0.25) is 0 Å². The largest absolute Gasteiger partial charge is 0.479 e. The molecule has 0 saturated carbocycles. The molecule has 12 heteroatoms. The van der Waals surface area contributed by atoms with E-state index in [1.165, 1.54) is 0 Å². The van der Waals surface area contributed by atoms with Crippen LogP contribution in [0.25, 0.3) is 0 Å². The number of ether oxygens (including phenoxy) is 5. The molecule has 1 rings (SSSR count). The number of carboxylic acid groups (broad SMARTS) is 1. The van der Waals surface area contributed by atoms with Gasteiger partial charge < -0.3 is 39.0 Å². The average Bonchev–Trinajstić information content (AvgIpc) is 3.42. The lowest BCUT2D eigenvalue weighted by atomic mass is 9.98. The van der Waals surface area contributed by atoms with E-state index in [4.69, 9.17) is 23.7 Å². The SMILES string of the molecule is CC/C=C\C/C=C\C/C=C\C/C=C\C/C=C\CC(=O)OCC(COC1OC(C(=O)O)C(O)C(O)C1OC(=O)CCCCCC/C=C\C/C=C\C/C=C\C/C=C\CC)OC(=O)CCCCCCC/C=C\C/C=C\C/C=C\CC. The third-order valence-electron chi connectivity index (χ3n) is 11.9. The van der Waals surface area contributed by atoms with Crippen molar-refractivity contribution < 1.29 is 58.2 Å². The van der Waals surface area contributed by atoms with Crippen LogP contribution in [0.3, 0.4) is 0 Å². The number of hydrogen-bond donors (Lipinski definition) is 3. The fourth-order valence-corrected chi connectivity index (χ4v) is 7.62. The summed E-state index contributed by atoms with van der Waals surface area (Å²) in [4.78, 5) is 51.0. The van der Waals surface area contributed by atoms with Crippen molar-refractivity contribution in [2.75, 3.05) is 13.2 Å². The molecule has 1 saturated heterocycles. The Morgan fingerprint density at radius 2 is 0.818 bits per heavy atom. The molecular formula is C65H98O12. The van der Waals surface area contributed by atoms with E-state index in [2.05, 4.69) is 148 Å². The Morgan fingerprint density at radius 1 is 0.442 bits per heavy atom. The van der Waals surface area contributed by atoms with Gasteiger partial charge in [0.1, 0.15) is 18.8 Å². The number of aliphatic carboxylic acids is 1. The Hall–Kier alpha value is -5.40. The summed E-state index contributed by atoms with van der Waals surface area (Å²) < 4.78 is 28.2. The standard InChI is InChI=1S/C65H98O12/c1-4-7-10-13-16-19-22-25-28-29-32-35-38-41-44-47-50-53-59(68)76-63-61(70)60(69)62(64(71)72)77-65(63)74-55-56(75-58(67)52-49-46-43-40-37-34-31-27-24-21-18-15-12-9-6-3)54-73-57(66)51-48-45-42-39-36-33-30-26-23-20-17-14-11-8-5-2/h7-12,16-21,25-28,30-32,35-36,39,45,48,56,60-63,65,69-70H,4-6,13-15,22-24,29,33-34,37-38,40-44,46-47,49-55H2,1-3H3,(H,71,72)/b10-7-,11-8-,12-9-,19-16-,20-17-,21-18-,28-25-,30-26-,31-27-,35-32-,39-36-,48-45-. The molecule has 430 valence electrons. The zero-order valence-electron chi connectivity index (χ0n) is 47.1. The van der Waals surface area contributed by atoms with Crippen molar-refractivity contribution in [1.82, 2.24) is 0 Å². The topological polar surface area (TPSA) is 175 Å². The smallest absolute Gasteiger partial charge is 0.335 e. The summed E-state index contributed by atoms with van der Waals surface area (Å²) in [6, 6.07) is 0. The minimum Gasteiger partial charge on any atom is -0.479 e. The van der Waals surface area contributed by atoms with Gasteiger partial charge in [0.15, 0.2) is 24.6 Å². The number of carbonyl (C=O) groups is 4. The monoisotopic (exact) mass is 1070 g/mol. The zero-order chi connectivity index (χ0) is 56.1. The molecule has 12 nitrogen and oxygen atoms in total. The summed E-state index contributed by atoms with van der Waals surface area (Å²) in [7, 11) is 0. The Kier molecular flexibility index (Phi) is 46.4. The first-order chi connectivity index (χ1) is 37.6. The average molecular weight is 1070 g/mol. The van der Waals surface area contributed by atoms with Crippen LogP contribution in [-0.4, -0.2) is 89.2 Å². The number of hydrogen-bond acceptors (Lipinski definition) is 11. The predicted molar refractivity (Wildman–Crippen MR) is 312 cm³/mol. The number of allylic oxidation sites excluding steroid dienone is 23. The summed E-state index contributed by atoms with van der Waals surface area (Å²) >= 11 is 0. The highest BCUT2D eigenvalue weighted by molar-refractivity contribution is 5.74. The van der Waals surface area contributed by atoms with Crippen LogP contribution < -0.4 is 0 Å². The number of esters is 3. The van der Waals surface area contributed by atoms with Crippen LogP contribution in [0.2, 0.25) is 0 Å². The van der Waals surface area contributed by atoms with Crippen molar-refractivity contribution in [3.8, 4) is 0 Å². The van der Waals surface area contributed by atoms with Crippen molar-refractivity contribution in [2.45, 2.75) is 225 Å². The first kappa shape index (κ1) is 69.6. The first-order valence-corrected chi connectivity index (χ1v) is 28.8. The zero-order valence-corrected chi connectivity index (χ0v) is 47.1. The summed E-state index contributed by atoms with van der Waals surface area (Å²) in [6.07, 6.45) is 61.3. The van der Waals surface area contributed by atoms with Gasteiger partial charge in [0, 0.05) is 12.8 Å². The maximum Gasteiger partial charge on any atom is 0.335 e. The molecule has 0 radical (unpaired) electrons. The van der Waals surface area contributed by atoms with Crippen molar-refractivity contribution in [2.24, 2.45) is 0 Å². The molecule has 1 aliphatic heterocycles. The molecule has 0 amide bonds. The van der Waals surface area contributed by atoms with Crippen molar-refractivity contribution in [3.05, 3.63) is 146 Å². The van der Waals surface area contributed by atoms with Gasteiger partial charge in [0.25, 0.3) is 0 Å². The highest BCUT2D eigenvalue weighted by atomic mass is 16.7. The molecule has 0 aromatic carbocycles. The predicted octanol–water partition coefficient (Wildman–Crippen LogP) is 14.8. The van der Waals surface area contributed by atoms with E-state index in [1.807, 2.05) is 12.2 Å². The van der Waals surface area contributed by atoms with E-state index in [9.17, 15) is 34.5 Å². The van der Waals surface area contributed by atoms with Crippen LogP contribution in [-0.2, 0) is 42.9 Å². The first-order valence-electron chi connectivity index (χ1n) is 28.8. The molecule has 0 aliphatic carbocycles. The third kappa shape index (κ3) is 41.4. The van der Waals surface area contributed by atoms with Crippen LogP contribution >= 0.6 is 0 Å². The van der Waals surface area contributed by atoms with E-state index >= 15 is 0 Å². The van der Waals surface area contributed by atoms with Crippen LogP contribution in [0, 0.1) is 0 Å². The van der Waals surface area contributed by atoms with Gasteiger partial charge in [-0.25, -0.2) is 4.79 Å². The van der Waals surface area contributed by atoms with Crippen molar-refractivity contribution in [1.29, 1.82) is 0 Å². The van der Waals surface area contributed by atoms with Crippen molar-refractivity contribution in [3.63, 3.8) is 0 Å².